The Bertz CT molecular complexity index is 1640. The molecule has 0 saturated carbocycles. The molecule has 0 aliphatic carbocycles. The molecule has 4 rings (SSSR count). The van der Waals surface area contributed by atoms with Gasteiger partial charge in [-0.3, -0.25) is 14.3 Å². The summed E-state index contributed by atoms with van der Waals surface area (Å²) in [6, 6.07) is 4.61. The van der Waals surface area contributed by atoms with E-state index in [0.717, 1.165) is 12.8 Å². The van der Waals surface area contributed by atoms with Crippen LogP contribution in [0, 0.1) is 5.92 Å². The van der Waals surface area contributed by atoms with Gasteiger partial charge in [0.1, 0.15) is 0 Å². The molecule has 1 aliphatic heterocycles. The zero-order chi connectivity index (χ0) is 28.7. The van der Waals surface area contributed by atoms with E-state index < -0.39 is 44.8 Å². The average Bonchev–Trinajstić information content (AvgIpc) is 2.87. The fourth-order valence-corrected chi connectivity index (χ4v) is 6.57. The molecule has 1 fully saturated rings. The summed E-state index contributed by atoms with van der Waals surface area (Å²) in [5.41, 5.74) is 2.27. The molecule has 39 heavy (non-hydrogen) atoms. The Kier molecular flexibility index (Phi) is 8.53. The molecule has 8 nitrogen and oxygen atoms in total. The Morgan fingerprint density at radius 3 is 2.51 bits per heavy atom. The summed E-state index contributed by atoms with van der Waals surface area (Å²) in [4.78, 5) is 30.5. The molecule has 1 aromatic heterocycles. The van der Waals surface area contributed by atoms with Gasteiger partial charge in [-0.15, -0.1) is 0 Å². The lowest BCUT2D eigenvalue weighted by Gasteiger charge is -2.33. The quantitative estimate of drug-likeness (QED) is 0.419. The predicted octanol–water partition coefficient (Wildman–Crippen LogP) is 4.03. The normalized spacial score (nSPS) is 17.2. The number of nitrogens with two attached hydrogens (primary N) is 1. The lowest BCUT2D eigenvalue weighted by Crippen LogP contribution is -2.38. The Labute approximate surface area is 232 Å². The summed E-state index contributed by atoms with van der Waals surface area (Å²) in [7, 11) is -3.76. The van der Waals surface area contributed by atoms with E-state index in [1.54, 1.807) is 0 Å². The van der Waals surface area contributed by atoms with Crippen LogP contribution in [-0.4, -0.2) is 48.3 Å². The van der Waals surface area contributed by atoms with Gasteiger partial charge in [0.2, 0.25) is 0 Å². The highest BCUT2D eigenvalue weighted by molar-refractivity contribution is 7.91. The standard InChI is InChI=1S/C25H27Cl2F3N4O4S/c1-2-39(37,38)20-6-5-16(26)8-15(20)12-34-23(35)17-9-19(25(28,29)30)18(21(27)22(17)32-24(34)36)13-33-7-3-4-14(10-31)11-33/h5-6,8-9,14H,2-4,7,10-13,31H2,1H3,(H,32,36)/t14-/m1/s1. The number of sulfone groups is 1. The summed E-state index contributed by atoms with van der Waals surface area (Å²) in [5, 5.41) is -0.656. The van der Waals surface area contributed by atoms with Gasteiger partial charge in [0, 0.05) is 18.1 Å². The maximum atomic E-state index is 14.2. The number of fused-ring (bicyclic) bond motifs is 1. The summed E-state index contributed by atoms with van der Waals surface area (Å²) in [5.74, 6) is -0.103. The van der Waals surface area contributed by atoms with Crippen LogP contribution >= 0.6 is 23.2 Å². The first-order valence-corrected chi connectivity index (χ1v) is 14.7. The van der Waals surface area contributed by atoms with Gasteiger partial charge in [-0.1, -0.05) is 30.1 Å². The highest BCUT2D eigenvalue weighted by atomic mass is 35.5. The molecule has 1 atom stereocenters. The number of aromatic nitrogens is 2. The molecule has 0 spiro atoms. The molecule has 0 amide bonds. The lowest BCUT2D eigenvalue weighted by molar-refractivity contribution is -0.138. The van der Waals surface area contributed by atoms with E-state index in [1.165, 1.54) is 25.1 Å². The minimum Gasteiger partial charge on any atom is -0.330 e. The fraction of sp³-hybridized carbons (Fsp3) is 0.440. The number of alkyl halides is 3. The van der Waals surface area contributed by atoms with Crippen molar-refractivity contribution >= 4 is 43.9 Å². The van der Waals surface area contributed by atoms with Gasteiger partial charge < -0.3 is 10.7 Å². The number of likely N-dealkylation sites (tertiary alicyclic amines) is 1. The number of piperidine rings is 1. The zero-order valence-corrected chi connectivity index (χ0v) is 23.3. The Balaban J connectivity index is 1.88. The topological polar surface area (TPSA) is 118 Å². The van der Waals surface area contributed by atoms with Crippen molar-refractivity contribution < 1.29 is 21.6 Å². The van der Waals surface area contributed by atoms with E-state index in [-0.39, 0.29) is 49.8 Å². The van der Waals surface area contributed by atoms with Crippen molar-refractivity contribution in [2.75, 3.05) is 25.4 Å². The molecule has 0 bridgehead atoms. The van der Waals surface area contributed by atoms with Gasteiger partial charge in [0.15, 0.2) is 9.84 Å². The smallest absolute Gasteiger partial charge is 0.330 e. The molecule has 3 aromatic rings. The third-order valence-corrected chi connectivity index (χ3v) is 9.49. The molecule has 0 unspecified atom stereocenters. The largest absolute Gasteiger partial charge is 0.416 e. The monoisotopic (exact) mass is 606 g/mol. The Morgan fingerprint density at radius 2 is 1.87 bits per heavy atom. The second kappa shape index (κ2) is 11.2. The molecule has 1 aliphatic rings. The first-order chi connectivity index (χ1) is 18.3. The van der Waals surface area contributed by atoms with Crippen LogP contribution < -0.4 is 17.0 Å². The van der Waals surface area contributed by atoms with Crippen LogP contribution in [0.15, 0.2) is 38.8 Å². The fourth-order valence-electron chi connectivity index (χ4n) is 4.96. The molecular weight excluding hydrogens is 580 g/mol. The zero-order valence-electron chi connectivity index (χ0n) is 20.9. The van der Waals surface area contributed by atoms with Crippen LogP contribution in [0.3, 0.4) is 0 Å². The van der Waals surface area contributed by atoms with Gasteiger partial charge in [-0.25, -0.2) is 13.2 Å². The number of nitrogens with one attached hydrogen (secondary N) is 1. The molecule has 3 N–H and O–H groups in total. The van der Waals surface area contributed by atoms with Gasteiger partial charge >= 0.3 is 11.9 Å². The van der Waals surface area contributed by atoms with E-state index in [4.69, 9.17) is 28.9 Å². The third-order valence-electron chi connectivity index (χ3n) is 7.01. The third kappa shape index (κ3) is 6.04. The summed E-state index contributed by atoms with van der Waals surface area (Å²) in [6.45, 7) is 2.24. The number of benzene rings is 2. The lowest BCUT2D eigenvalue weighted by atomic mass is 9.96. The second-order valence-corrected chi connectivity index (χ2v) is 12.7. The minimum absolute atomic E-state index is 0.0506. The van der Waals surface area contributed by atoms with E-state index >= 15 is 0 Å². The van der Waals surface area contributed by atoms with Crippen molar-refractivity contribution in [1.29, 1.82) is 0 Å². The highest BCUT2D eigenvalue weighted by Crippen LogP contribution is 2.39. The number of halogens is 5. The van der Waals surface area contributed by atoms with E-state index in [1.807, 2.05) is 4.90 Å². The van der Waals surface area contributed by atoms with Crippen molar-refractivity contribution in [3.8, 4) is 0 Å². The van der Waals surface area contributed by atoms with Crippen molar-refractivity contribution in [1.82, 2.24) is 14.5 Å². The van der Waals surface area contributed by atoms with Crippen LogP contribution in [0.25, 0.3) is 10.9 Å². The Morgan fingerprint density at radius 1 is 1.15 bits per heavy atom. The SMILES string of the molecule is CCS(=O)(=O)c1ccc(Cl)cc1Cn1c(=O)[nH]c2c(Cl)c(CN3CCC[C@H](CN)C3)c(C(F)(F)F)cc2c1=O. The molecule has 212 valence electrons. The average molecular weight is 607 g/mol. The second-order valence-electron chi connectivity index (χ2n) is 9.59. The Hall–Kier alpha value is -2.38. The summed E-state index contributed by atoms with van der Waals surface area (Å²) >= 11 is 12.5. The number of rotatable bonds is 7. The van der Waals surface area contributed by atoms with Gasteiger partial charge in [-0.05, 0) is 67.2 Å². The van der Waals surface area contributed by atoms with Crippen molar-refractivity contribution in [3.63, 3.8) is 0 Å². The number of aromatic amines is 1. The first kappa shape index (κ1) is 29.6. The molecule has 0 radical (unpaired) electrons. The minimum atomic E-state index is -4.83. The van der Waals surface area contributed by atoms with Crippen LogP contribution in [0.2, 0.25) is 10.0 Å². The molecule has 1 saturated heterocycles. The van der Waals surface area contributed by atoms with E-state index in [2.05, 4.69) is 4.98 Å². The number of nitrogens with zero attached hydrogens (tertiary/aromatic N) is 2. The van der Waals surface area contributed by atoms with Crippen molar-refractivity contribution in [2.24, 2.45) is 11.7 Å². The van der Waals surface area contributed by atoms with Crippen LogP contribution in [0.4, 0.5) is 13.2 Å². The summed E-state index contributed by atoms with van der Waals surface area (Å²) < 4.78 is 68.4. The number of hydrogen-bond donors (Lipinski definition) is 2. The molecular formula is C25H27Cl2F3N4O4S. The van der Waals surface area contributed by atoms with E-state index in [9.17, 15) is 31.2 Å². The van der Waals surface area contributed by atoms with Gasteiger partial charge in [0.25, 0.3) is 5.56 Å². The molecule has 2 heterocycles. The first-order valence-electron chi connectivity index (χ1n) is 12.3. The number of hydrogen-bond acceptors (Lipinski definition) is 6. The van der Waals surface area contributed by atoms with Crippen LogP contribution in [0.5, 0.6) is 0 Å². The number of H-pyrrole nitrogens is 1. The maximum absolute atomic E-state index is 14.2. The van der Waals surface area contributed by atoms with Crippen molar-refractivity contribution in [3.05, 3.63) is 71.8 Å². The van der Waals surface area contributed by atoms with Gasteiger partial charge in [-0.2, -0.15) is 13.2 Å². The van der Waals surface area contributed by atoms with Crippen LogP contribution in [0.1, 0.15) is 36.5 Å². The predicted molar refractivity (Wildman–Crippen MR) is 144 cm³/mol. The molecule has 14 heteroatoms. The highest BCUT2D eigenvalue weighted by Gasteiger charge is 2.37. The van der Waals surface area contributed by atoms with Crippen LogP contribution in [-0.2, 0) is 29.1 Å². The maximum Gasteiger partial charge on any atom is 0.416 e. The van der Waals surface area contributed by atoms with Gasteiger partial charge in [0.05, 0.1) is 38.7 Å². The van der Waals surface area contributed by atoms with Crippen molar-refractivity contribution in [2.45, 2.75) is 43.9 Å². The summed E-state index contributed by atoms with van der Waals surface area (Å²) in [6.07, 6.45) is -3.18. The molecule has 2 aromatic carbocycles. The van der Waals surface area contributed by atoms with E-state index in [0.29, 0.717) is 30.3 Å².